The van der Waals surface area contributed by atoms with Crippen LogP contribution in [0.3, 0.4) is 0 Å². The highest BCUT2D eigenvalue weighted by Crippen LogP contribution is 2.50. The minimum Gasteiger partial charge on any atom is -0.484 e. The van der Waals surface area contributed by atoms with Crippen molar-refractivity contribution in [1.82, 2.24) is 10.2 Å². The fourth-order valence-corrected chi connectivity index (χ4v) is 4.43. The zero-order valence-electron chi connectivity index (χ0n) is 17.9. The third kappa shape index (κ3) is 2.82. The van der Waals surface area contributed by atoms with Gasteiger partial charge in [-0.25, -0.2) is 4.79 Å². The number of ether oxygens (including phenoxy) is 1. The van der Waals surface area contributed by atoms with E-state index in [0.717, 1.165) is 0 Å². The number of nitrogens with one attached hydrogen (secondary N) is 1. The number of para-hydroxylation sites is 1. The van der Waals surface area contributed by atoms with Crippen molar-refractivity contribution in [2.24, 2.45) is 0 Å². The lowest BCUT2D eigenvalue weighted by Crippen LogP contribution is -2.70. The number of carboxylic acid groups (broad SMARTS) is 1. The number of thioether (sulfide) groups is 1. The Balaban J connectivity index is 1.67. The SMILES string of the molecule is [2H]c1c([2H])c([2H])c(OCC(=O)N[C@@H]2C(=O)N3[C@@H]2SC(C)(C)[C@@H]3C(=O)O)c([2H])c1[2H]. The lowest BCUT2D eigenvalue weighted by atomic mass is 9.96. The molecule has 0 aromatic heterocycles. The normalized spacial score (nSPS) is 30.1. The molecule has 7 nitrogen and oxygen atoms in total. The number of hydrogen-bond acceptors (Lipinski definition) is 5. The number of rotatable bonds is 5. The first-order chi connectivity index (χ1) is 13.4. The molecular weight excluding hydrogens is 332 g/mol. The third-order valence-electron chi connectivity index (χ3n) is 3.82. The lowest BCUT2D eigenvalue weighted by Gasteiger charge is -2.43. The Labute approximate surface area is 150 Å². The maximum Gasteiger partial charge on any atom is 0.327 e. The topological polar surface area (TPSA) is 95.9 Å². The van der Waals surface area contributed by atoms with Crippen LogP contribution in [-0.4, -0.2) is 56.6 Å². The number of aliphatic carboxylic acids is 1. The summed E-state index contributed by atoms with van der Waals surface area (Å²) >= 11 is 1.27. The van der Waals surface area contributed by atoms with E-state index in [4.69, 9.17) is 11.6 Å². The largest absolute Gasteiger partial charge is 0.484 e. The average Bonchev–Trinajstić information content (AvgIpc) is 2.91. The highest BCUT2D eigenvalue weighted by molar-refractivity contribution is 8.01. The van der Waals surface area contributed by atoms with Gasteiger partial charge in [-0.3, -0.25) is 9.59 Å². The van der Waals surface area contributed by atoms with Crippen molar-refractivity contribution in [3.63, 3.8) is 0 Å². The van der Waals surface area contributed by atoms with Gasteiger partial charge < -0.3 is 20.1 Å². The zero-order chi connectivity index (χ0) is 21.8. The molecule has 2 aliphatic heterocycles. The minimum atomic E-state index is -1.12. The Hall–Kier alpha value is -2.22. The van der Waals surface area contributed by atoms with Gasteiger partial charge in [0.25, 0.3) is 5.91 Å². The molecule has 3 rings (SSSR count). The van der Waals surface area contributed by atoms with E-state index in [2.05, 4.69) is 5.32 Å². The Morgan fingerprint density at radius 1 is 1.42 bits per heavy atom. The van der Waals surface area contributed by atoms with E-state index in [9.17, 15) is 19.5 Å². The summed E-state index contributed by atoms with van der Waals surface area (Å²) in [6.07, 6.45) is 0. The highest BCUT2D eigenvalue weighted by atomic mass is 32.2. The maximum atomic E-state index is 12.4. The van der Waals surface area contributed by atoms with E-state index >= 15 is 0 Å². The van der Waals surface area contributed by atoms with E-state index in [0.29, 0.717) is 0 Å². The van der Waals surface area contributed by atoms with Crippen molar-refractivity contribution >= 4 is 29.5 Å². The highest BCUT2D eigenvalue weighted by Gasteiger charge is 2.64. The van der Waals surface area contributed by atoms with E-state index in [1.807, 2.05) is 0 Å². The van der Waals surface area contributed by atoms with Gasteiger partial charge in [-0.2, -0.15) is 0 Å². The summed E-state index contributed by atoms with van der Waals surface area (Å²) in [5, 5.41) is 11.3. The van der Waals surface area contributed by atoms with Gasteiger partial charge in [-0.1, -0.05) is 18.1 Å². The number of hydrogen-bond donors (Lipinski definition) is 2. The Kier molecular flexibility index (Phi) is 2.84. The standard InChI is InChI=1S/C16H18N2O5S/c1-16(2)12(15(21)22)18-13(20)11(14(18)24-16)17-10(19)8-23-9-6-4-3-5-7-9/h3-7,11-12,14H,8H2,1-2H3,(H,17,19)(H,21,22)/t11-,12+,14-/m1/s1/i3D,4D,5D,6D,7D. The predicted molar refractivity (Wildman–Crippen MR) is 87.6 cm³/mol. The summed E-state index contributed by atoms with van der Waals surface area (Å²) in [7, 11) is 0. The second-order valence-electron chi connectivity index (χ2n) is 5.89. The monoisotopic (exact) mass is 355 g/mol. The number of β-lactam (4-membered cyclic amide) rings is 1. The van der Waals surface area contributed by atoms with Gasteiger partial charge in [0.1, 0.15) is 23.2 Å². The van der Waals surface area contributed by atoms with E-state index in [1.165, 1.54) is 16.7 Å². The molecule has 2 saturated heterocycles. The van der Waals surface area contributed by atoms with Crippen molar-refractivity contribution in [2.75, 3.05) is 6.61 Å². The first-order valence-electron chi connectivity index (χ1n) is 9.60. The van der Waals surface area contributed by atoms with Crippen molar-refractivity contribution in [3.05, 3.63) is 30.2 Å². The number of carboxylic acids is 1. The smallest absolute Gasteiger partial charge is 0.327 e. The molecule has 1 aromatic rings. The number of carbonyl (C=O) groups excluding carboxylic acids is 2. The van der Waals surface area contributed by atoms with E-state index < -0.39 is 82.6 Å². The Morgan fingerprint density at radius 2 is 2.08 bits per heavy atom. The van der Waals surface area contributed by atoms with Crippen molar-refractivity contribution in [2.45, 2.75) is 36.1 Å². The van der Waals surface area contributed by atoms with Gasteiger partial charge in [-0.15, -0.1) is 11.8 Å². The molecule has 0 aliphatic carbocycles. The van der Waals surface area contributed by atoms with Crippen molar-refractivity contribution in [3.8, 4) is 5.75 Å². The van der Waals surface area contributed by atoms with Crippen molar-refractivity contribution < 1.29 is 31.1 Å². The van der Waals surface area contributed by atoms with Crippen molar-refractivity contribution in [1.29, 1.82) is 0 Å². The second kappa shape index (κ2) is 6.01. The molecule has 24 heavy (non-hydrogen) atoms. The summed E-state index contributed by atoms with van der Waals surface area (Å²) < 4.78 is 42.6. The summed E-state index contributed by atoms with van der Waals surface area (Å²) in [5.74, 6) is -2.83. The molecule has 2 N–H and O–H groups in total. The van der Waals surface area contributed by atoms with Crippen LogP contribution in [0.5, 0.6) is 5.75 Å². The Bertz CT molecular complexity index is 898. The van der Waals surface area contributed by atoms with E-state index in [-0.39, 0.29) is 0 Å². The zero-order valence-corrected chi connectivity index (χ0v) is 13.7. The molecule has 0 spiro atoms. The first-order valence-corrected chi connectivity index (χ1v) is 7.98. The minimum absolute atomic E-state index is 0.463. The number of carbonyl (C=O) groups is 3. The second-order valence-corrected chi connectivity index (χ2v) is 7.66. The van der Waals surface area contributed by atoms with Crippen LogP contribution in [0.1, 0.15) is 20.7 Å². The van der Waals surface area contributed by atoms with Crippen LogP contribution in [0.2, 0.25) is 0 Å². The number of fused-ring (bicyclic) bond motifs is 1. The molecule has 128 valence electrons. The number of amides is 2. The average molecular weight is 355 g/mol. The molecule has 2 fully saturated rings. The van der Waals surface area contributed by atoms with Crippen LogP contribution in [0.15, 0.2) is 30.2 Å². The van der Waals surface area contributed by atoms with Crippen LogP contribution in [0.4, 0.5) is 0 Å². The quantitative estimate of drug-likeness (QED) is 0.755. The molecule has 3 atom stereocenters. The van der Waals surface area contributed by atoms with Gasteiger partial charge in [0.15, 0.2) is 6.61 Å². The fraction of sp³-hybridized carbons (Fsp3) is 0.438. The fourth-order valence-electron chi connectivity index (χ4n) is 2.81. The van der Waals surface area contributed by atoms with E-state index in [1.54, 1.807) is 13.8 Å². The summed E-state index contributed by atoms with van der Waals surface area (Å²) in [5.41, 5.74) is 0. The van der Waals surface area contributed by atoms with Gasteiger partial charge in [0, 0.05) is 4.75 Å². The summed E-state index contributed by atoms with van der Waals surface area (Å²) in [4.78, 5) is 37.3. The molecule has 0 saturated carbocycles. The van der Waals surface area contributed by atoms with Crippen LogP contribution >= 0.6 is 11.8 Å². The first kappa shape index (κ1) is 11.4. The lowest BCUT2D eigenvalue weighted by molar-refractivity contribution is -0.161. The molecule has 0 bridgehead atoms. The summed E-state index contributed by atoms with van der Waals surface area (Å²) in [6.45, 7) is 2.76. The van der Waals surface area contributed by atoms with Crippen LogP contribution in [0, 0.1) is 0 Å². The van der Waals surface area contributed by atoms with Gasteiger partial charge in [0.05, 0.1) is 6.85 Å². The Morgan fingerprint density at radius 3 is 2.71 bits per heavy atom. The van der Waals surface area contributed by atoms with Gasteiger partial charge in [-0.05, 0) is 25.9 Å². The predicted octanol–water partition coefficient (Wildman–Crippen LogP) is 0.697. The third-order valence-corrected chi connectivity index (χ3v) is 5.39. The van der Waals surface area contributed by atoms with Gasteiger partial charge in [0.2, 0.25) is 5.91 Å². The number of nitrogens with zero attached hydrogens (tertiary/aromatic N) is 1. The molecular formula is C16H18N2O5S. The van der Waals surface area contributed by atoms with Crippen LogP contribution < -0.4 is 10.1 Å². The van der Waals surface area contributed by atoms with Crippen LogP contribution in [-0.2, 0) is 14.4 Å². The molecule has 0 radical (unpaired) electrons. The molecule has 2 amide bonds. The van der Waals surface area contributed by atoms with Gasteiger partial charge >= 0.3 is 5.97 Å². The molecule has 8 heteroatoms. The van der Waals surface area contributed by atoms with Crippen LogP contribution in [0.25, 0.3) is 0 Å². The molecule has 0 unspecified atom stereocenters. The molecule has 1 aromatic carbocycles. The maximum absolute atomic E-state index is 12.4. The summed E-state index contributed by atoms with van der Waals surface area (Å²) in [6, 6.07) is -4.82. The molecule has 2 aliphatic rings. The number of benzene rings is 1. The molecule has 2 heterocycles.